The maximum absolute atomic E-state index is 14.1. The van der Waals surface area contributed by atoms with Gasteiger partial charge in [-0.25, -0.2) is 9.59 Å². The predicted molar refractivity (Wildman–Crippen MR) is 175 cm³/mol. The maximum Gasteiger partial charge on any atom is 0.481 e. The lowest BCUT2D eigenvalue weighted by Gasteiger charge is -2.64. The van der Waals surface area contributed by atoms with Gasteiger partial charge >= 0.3 is 19.3 Å². The van der Waals surface area contributed by atoms with Crippen molar-refractivity contribution in [2.45, 2.75) is 89.8 Å². The van der Waals surface area contributed by atoms with E-state index in [1.165, 1.54) is 11.3 Å². The van der Waals surface area contributed by atoms with Crippen LogP contribution in [0.15, 0.2) is 60.7 Å². The number of hydrogen-bond acceptors (Lipinski definition) is 7. The van der Waals surface area contributed by atoms with Gasteiger partial charge in [0, 0.05) is 19.6 Å². The topological polar surface area (TPSA) is 97.9 Å². The van der Waals surface area contributed by atoms with Crippen LogP contribution in [0.5, 0.6) is 0 Å². The Morgan fingerprint density at radius 1 is 0.915 bits per heavy atom. The van der Waals surface area contributed by atoms with Crippen molar-refractivity contribution < 1.29 is 33.2 Å². The van der Waals surface area contributed by atoms with Crippen LogP contribution in [-0.4, -0.2) is 89.8 Å². The number of benzene rings is 2. The summed E-state index contributed by atoms with van der Waals surface area (Å²) in [4.78, 5) is 45.6. The number of amides is 3. The fourth-order valence-corrected chi connectivity index (χ4v) is 8.80. The summed E-state index contributed by atoms with van der Waals surface area (Å²) in [5.74, 6) is 0.715. The van der Waals surface area contributed by atoms with Crippen molar-refractivity contribution in [3.63, 3.8) is 0 Å². The largest absolute Gasteiger partial charge is 0.481 e. The zero-order chi connectivity index (χ0) is 32.8. The van der Waals surface area contributed by atoms with Gasteiger partial charge in [0.05, 0.1) is 23.7 Å². The lowest BCUT2D eigenvalue weighted by Crippen LogP contribution is -2.65. The molecule has 10 nitrogen and oxygen atoms in total. The molecule has 3 saturated carbocycles. The van der Waals surface area contributed by atoms with E-state index in [-0.39, 0.29) is 61.3 Å². The standard InChI is InChI=1S/C36H46BN3O7/c1-35(2)27-19-29(35)36(3)30(20-27)46-37(47-36)31-15-10-17-39(31)32(41)22-40(34(43)45-24-26-13-8-5-9-14-26)28-16-18-38(21-28)33(42)44-23-25-11-6-4-7-12-25/h4-9,11-14,27-31H,10,15-24H2,1-3H3/t27-,28?,29+,30+,31+,36-/m0/s1. The maximum atomic E-state index is 14.1. The molecule has 2 bridgehead atoms. The molecule has 0 spiro atoms. The molecule has 11 heteroatoms. The Morgan fingerprint density at radius 2 is 1.60 bits per heavy atom. The summed E-state index contributed by atoms with van der Waals surface area (Å²) in [6.07, 6.45) is 3.35. The molecule has 8 rings (SSSR count). The summed E-state index contributed by atoms with van der Waals surface area (Å²) in [7, 11) is -0.480. The van der Waals surface area contributed by atoms with Crippen LogP contribution in [0.25, 0.3) is 0 Å². The van der Waals surface area contributed by atoms with Gasteiger partial charge in [0.25, 0.3) is 0 Å². The third-order valence-corrected chi connectivity index (χ3v) is 11.7. The van der Waals surface area contributed by atoms with E-state index in [0.29, 0.717) is 31.3 Å². The zero-order valence-corrected chi connectivity index (χ0v) is 27.7. The molecule has 3 saturated heterocycles. The summed E-state index contributed by atoms with van der Waals surface area (Å²) < 4.78 is 24.6. The minimum Gasteiger partial charge on any atom is -0.445 e. The fraction of sp³-hybridized carbons (Fsp3) is 0.583. The number of likely N-dealkylation sites (tertiary alicyclic amines) is 2. The van der Waals surface area contributed by atoms with E-state index in [1.807, 2.05) is 65.6 Å². The van der Waals surface area contributed by atoms with Crippen molar-refractivity contribution in [3.8, 4) is 0 Å². The van der Waals surface area contributed by atoms with Gasteiger partial charge in [0.15, 0.2) is 0 Å². The minimum absolute atomic E-state index is 0.0393. The van der Waals surface area contributed by atoms with Crippen LogP contribution in [0.1, 0.15) is 64.0 Å². The third kappa shape index (κ3) is 6.12. The summed E-state index contributed by atoms with van der Waals surface area (Å²) in [5.41, 5.74) is 1.64. The van der Waals surface area contributed by atoms with Crippen LogP contribution in [-0.2, 0) is 36.8 Å². The Balaban J connectivity index is 1.02. The molecule has 3 aliphatic carbocycles. The van der Waals surface area contributed by atoms with E-state index in [4.69, 9.17) is 18.8 Å². The SMILES string of the molecule is CC1(C)[C@H]2C[C@H]1[C@]1(C)OB([C@H]3CCCN3C(=O)CN(C(=O)OCc3ccccc3)C3CCN(C(=O)OCc4ccccc4)C3)O[C@@H]1C2. The van der Waals surface area contributed by atoms with Crippen molar-refractivity contribution in [1.29, 1.82) is 0 Å². The van der Waals surface area contributed by atoms with E-state index in [2.05, 4.69) is 20.8 Å². The second-order valence-electron chi connectivity index (χ2n) is 14.7. The molecule has 47 heavy (non-hydrogen) atoms. The van der Waals surface area contributed by atoms with Gasteiger partial charge in [-0.2, -0.15) is 0 Å². The Morgan fingerprint density at radius 3 is 2.28 bits per heavy atom. The van der Waals surface area contributed by atoms with E-state index in [0.717, 1.165) is 30.4 Å². The molecular weight excluding hydrogens is 597 g/mol. The lowest BCUT2D eigenvalue weighted by atomic mass is 9.43. The number of carbonyl (C=O) groups excluding carboxylic acids is 3. The molecule has 1 unspecified atom stereocenters. The van der Waals surface area contributed by atoms with Gasteiger partial charge in [0.1, 0.15) is 19.8 Å². The number of nitrogens with zero attached hydrogens (tertiary/aromatic N) is 3. The monoisotopic (exact) mass is 643 g/mol. The Hall–Kier alpha value is -3.57. The van der Waals surface area contributed by atoms with Crippen LogP contribution in [0.3, 0.4) is 0 Å². The first kappa shape index (κ1) is 32.0. The van der Waals surface area contributed by atoms with Gasteiger partial charge in [0.2, 0.25) is 5.91 Å². The van der Waals surface area contributed by atoms with Crippen LogP contribution in [0.2, 0.25) is 0 Å². The quantitative estimate of drug-likeness (QED) is 0.361. The molecule has 6 aliphatic rings. The highest BCUT2D eigenvalue weighted by Gasteiger charge is 2.69. The molecule has 0 N–H and O–H groups in total. The second-order valence-corrected chi connectivity index (χ2v) is 14.7. The third-order valence-electron chi connectivity index (χ3n) is 11.7. The van der Waals surface area contributed by atoms with Crippen molar-refractivity contribution >= 4 is 25.2 Å². The normalized spacial score (nSPS) is 30.4. The molecule has 6 atom stereocenters. The zero-order valence-electron chi connectivity index (χ0n) is 27.7. The molecule has 3 heterocycles. The average Bonchev–Trinajstić information content (AvgIpc) is 3.84. The minimum atomic E-state index is -0.573. The van der Waals surface area contributed by atoms with Crippen LogP contribution < -0.4 is 0 Å². The first-order valence-corrected chi connectivity index (χ1v) is 17.2. The lowest BCUT2D eigenvalue weighted by molar-refractivity contribution is -0.199. The molecule has 0 aromatic heterocycles. The highest BCUT2D eigenvalue weighted by molar-refractivity contribution is 6.48. The summed E-state index contributed by atoms with van der Waals surface area (Å²) in [6, 6.07) is 18.6. The first-order valence-electron chi connectivity index (χ1n) is 17.2. The summed E-state index contributed by atoms with van der Waals surface area (Å²) in [5, 5.41) is 0. The van der Waals surface area contributed by atoms with E-state index >= 15 is 0 Å². The van der Waals surface area contributed by atoms with Gasteiger partial charge in [-0.05, 0) is 67.4 Å². The van der Waals surface area contributed by atoms with Crippen LogP contribution in [0, 0.1) is 17.3 Å². The van der Waals surface area contributed by atoms with Gasteiger partial charge in [-0.3, -0.25) is 9.69 Å². The fourth-order valence-electron chi connectivity index (χ4n) is 8.80. The van der Waals surface area contributed by atoms with Crippen LogP contribution in [0.4, 0.5) is 9.59 Å². The van der Waals surface area contributed by atoms with Gasteiger partial charge < -0.3 is 28.6 Å². The van der Waals surface area contributed by atoms with Crippen molar-refractivity contribution in [2.75, 3.05) is 26.2 Å². The number of rotatable bonds is 8. The second kappa shape index (κ2) is 12.8. The van der Waals surface area contributed by atoms with Crippen molar-refractivity contribution in [3.05, 3.63) is 71.8 Å². The van der Waals surface area contributed by atoms with Gasteiger partial charge in [-0.1, -0.05) is 74.5 Å². The Labute approximate surface area is 277 Å². The van der Waals surface area contributed by atoms with Crippen LogP contribution >= 0.6 is 0 Å². The molecule has 3 aliphatic heterocycles. The molecule has 3 amide bonds. The Kier molecular flexibility index (Phi) is 8.72. The molecule has 0 radical (unpaired) electrons. The molecular formula is C36H46BN3O7. The smallest absolute Gasteiger partial charge is 0.445 e. The number of carbonyl (C=O) groups is 3. The molecule has 250 valence electrons. The highest BCUT2D eigenvalue weighted by Crippen LogP contribution is 2.66. The summed E-state index contributed by atoms with van der Waals surface area (Å²) >= 11 is 0. The summed E-state index contributed by atoms with van der Waals surface area (Å²) in [6.45, 7) is 8.26. The number of ether oxygens (including phenoxy) is 2. The molecule has 6 fully saturated rings. The highest BCUT2D eigenvalue weighted by atomic mass is 16.7. The van der Waals surface area contributed by atoms with Crippen molar-refractivity contribution in [1.82, 2.24) is 14.7 Å². The van der Waals surface area contributed by atoms with E-state index in [9.17, 15) is 14.4 Å². The van der Waals surface area contributed by atoms with E-state index in [1.54, 1.807) is 4.90 Å². The van der Waals surface area contributed by atoms with E-state index < -0.39 is 19.3 Å². The number of hydrogen-bond donors (Lipinski definition) is 0. The predicted octanol–water partition coefficient (Wildman–Crippen LogP) is 5.29. The van der Waals surface area contributed by atoms with Gasteiger partial charge in [-0.15, -0.1) is 0 Å². The van der Waals surface area contributed by atoms with Crippen molar-refractivity contribution in [2.24, 2.45) is 17.3 Å². The molecule has 2 aromatic carbocycles. The average molecular weight is 644 g/mol. The Bertz CT molecular complexity index is 1460. The first-order chi connectivity index (χ1) is 22.6. The molecule has 2 aromatic rings.